The van der Waals surface area contributed by atoms with Gasteiger partial charge in [-0.05, 0) is 17.2 Å². The fourth-order valence-electron chi connectivity index (χ4n) is 2.34. The molecular weight excluding hydrogens is 414 g/mol. The molecule has 0 aliphatic carbocycles. The van der Waals surface area contributed by atoms with Gasteiger partial charge in [0.2, 0.25) is 11.9 Å². The van der Waals surface area contributed by atoms with Crippen molar-refractivity contribution in [1.29, 1.82) is 5.41 Å². The second-order valence-electron chi connectivity index (χ2n) is 6.31. The van der Waals surface area contributed by atoms with Crippen LogP contribution in [0.5, 0.6) is 0 Å². The summed E-state index contributed by atoms with van der Waals surface area (Å²) in [4.78, 5) is 34.6. The summed E-state index contributed by atoms with van der Waals surface area (Å²) in [6.45, 7) is 15.2. The van der Waals surface area contributed by atoms with Crippen molar-refractivity contribution < 1.29 is 9.57 Å². The molecule has 172 valence electrons. The van der Waals surface area contributed by atoms with Crippen molar-refractivity contribution in [3.63, 3.8) is 0 Å². The van der Waals surface area contributed by atoms with Crippen molar-refractivity contribution in [2.75, 3.05) is 25.6 Å². The molecule has 0 atom stereocenters. The minimum absolute atomic E-state index is 0.0189. The summed E-state index contributed by atoms with van der Waals surface area (Å²) in [6.07, 6.45) is 7.96. The first-order valence-electron chi connectivity index (χ1n) is 9.43. The van der Waals surface area contributed by atoms with E-state index in [1.165, 1.54) is 23.8 Å². The second-order valence-corrected chi connectivity index (χ2v) is 6.31. The third-order valence-electron chi connectivity index (χ3n) is 3.88. The van der Waals surface area contributed by atoms with Crippen LogP contribution in [0.25, 0.3) is 0 Å². The molecule has 0 bridgehead atoms. The molecule has 32 heavy (non-hydrogen) atoms. The van der Waals surface area contributed by atoms with Gasteiger partial charge in [0.1, 0.15) is 5.76 Å². The Kier molecular flexibility index (Phi) is 10.7. The largest absolute Gasteiger partial charge is 0.497 e. The minimum Gasteiger partial charge on any atom is -0.497 e. The predicted molar refractivity (Wildman–Crippen MR) is 125 cm³/mol. The number of nitrogens with zero attached hydrogens (tertiary/aromatic N) is 3. The van der Waals surface area contributed by atoms with Crippen LogP contribution < -0.4 is 27.9 Å². The van der Waals surface area contributed by atoms with Crippen LogP contribution in [0.1, 0.15) is 0 Å². The Balaban J connectivity index is 3.27. The van der Waals surface area contributed by atoms with Crippen LogP contribution in [-0.2, 0) is 22.7 Å². The van der Waals surface area contributed by atoms with E-state index >= 15 is 0 Å². The van der Waals surface area contributed by atoms with Crippen molar-refractivity contribution in [3.05, 3.63) is 94.6 Å². The molecule has 0 spiro atoms. The first-order chi connectivity index (χ1) is 15.2. The molecule has 0 amide bonds. The van der Waals surface area contributed by atoms with Gasteiger partial charge in [0.05, 0.1) is 26.8 Å². The lowest BCUT2D eigenvalue weighted by atomic mass is 10.2. The predicted octanol–water partition coefficient (Wildman–Crippen LogP) is 0.802. The summed E-state index contributed by atoms with van der Waals surface area (Å²) in [6, 6.07) is 0. The Bertz CT molecular complexity index is 1050. The number of guanidine groups is 1. The highest BCUT2D eigenvalue weighted by Gasteiger charge is 2.14. The molecule has 0 fully saturated rings. The SMILES string of the molecule is C=C/C=C(\C=C)Cn1c(=O)nc(NCCONC(=N)N)n(CC(=C)/C=C\C(=C)OC)c1=O. The maximum atomic E-state index is 13.1. The van der Waals surface area contributed by atoms with Crippen LogP contribution in [0, 0.1) is 5.41 Å². The Morgan fingerprint density at radius 3 is 2.53 bits per heavy atom. The third-order valence-corrected chi connectivity index (χ3v) is 3.88. The molecular formula is C21H29N7O4. The molecule has 0 saturated carbocycles. The minimum atomic E-state index is -0.734. The molecule has 1 aromatic rings. The lowest BCUT2D eigenvalue weighted by molar-refractivity contribution is 0.0921. The van der Waals surface area contributed by atoms with Gasteiger partial charge in [-0.2, -0.15) is 4.98 Å². The van der Waals surface area contributed by atoms with Crippen LogP contribution in [0.2, 0.25) is 0 Å². The summed E-state index contributed by atoms with van der Waals surface area (Å²) in [5.74, 6) is 0.102. The summed E-state index contributed by atoms with van der Waals surface area (Å²) in [5.41, 5.74) is 7.15. The standard InChI is InChI=1S/C21H29N7O4/c1-6-8-17(7-2)14-28-20(29)25-19(24-11-12-32-26-18(22)23)27(21(28)30)13-15(3)9-10-16(4)31-5/h6-10H,1-4,11-14H2,5H3,(H4,22,23,26)(H,24,25,29)/b10-9-,17-8+. The fourth-order valence-corrected chi connectivity index (χ4v) is 2.34. The van der Waals surface area contributed by atoms with Gasteiger partial charge in [-0.3, -0.25) is 14.8 Å². The number of rotatable bonds is 14. The molecule has 0 aromatic carbocycles. The number of hydrogen-bond acceptors (Lipinski definition) is 7. The van der Waals surface area contributed by atoms with Crippen molar-refractivity contribution in [3.8, 4) is 0 Å². The number of nitrogens with one attached hydrogen (secondary N) is 3. The fraction of sp³-hybridized carbons (Fsp3) is 0.238. The molecule has 1 heterocycles. The Hall–Kier alpha value is -4.12. The maximum absolute atomic E-state index is 13.1. The summed E-state index contributed by atoms with van der Waals surface area (Å²) < 4.78 is 7.24. The van der Waals surface area contributed by atoms with Gasteiger partial charge >= 0.3 is 11.4 Å². The molecule has 11 nitrogen and oxygen atoms in total. The molecule has 5 N–H and O–H groups in total. The van der Waals surface area contributed by atoms with E-state index in [9.17, 15) is 9.59 Å². The van der Waals surface area contributed by atoms with E-state index in [2.05, 4.69) is 42.1 Å². The highest BCUT2D eigenvalue weighted by Crippen LogP contribution is 2.06. The van der Waals surface area contributed by atoms with Gasteiger partial charge in [0, 0.05) is 6.54 Å². The molecule has 0 aliphatic heterocycles. The van der Waals surface area contributed by atoms with Crippen LogP contribution in [0.4, 0.5) is 5.95 Å². The number of aromatic nitrogens is 3. The van der Waals surface area contributed by atoms with Crippen molar-refractivity contribution >= 4 is 11.9 Å². The number of allylic oxidation sites excluding steroid dienone is 7. The zero-order chi connectivity index (χ0) is 24.1. The Morgan fingerprint density at radius 2 is 1.94 bits per heavy atom. The topological polar surface area (TPSA) is 149 Å². The molecule has 1 aromatic heterocycles. The Labute approximate surface area is 186 Å². The van der Waals surface area contributed by atoms with Crippen LogP contribution >= 0.6 is 0 Å². The van der Waals surface area contributed by atoms with Crippen molar-refractivity contribution in [2.45, 2.75) is 13.1 Å². The second kappa shape index (κ2) is 13.2. The number of hydroxylamine groups is 1. The molecule has 11 heteroatoms. The zero-order valence-electron chi connectivity index (χ0n) is 18.1. The quantitative estimate of drug-likeness (QED) is 0.0824. The average molecular weight is 444 g/mol. The maximum Gasteiger partial charge on any atom is 0.355 e. The lowest BCUT2D eigenvalue weighted by Crippen LogP contribution is -2.43. The first-order valence-corrected chi connectivity index (χ1v) is 9.43. The monoisotopic (exact) mass is 443 g/mol. The lowest BCUT2D eigenvalue weighted by Gasteiger charge is -2.16. The first kappa shape index (κ1) is 25.9. The number of anilines is 1. The number of methoxy groups -OCH3 is 1. The average Bonchev–Trinajstić information content (AvgIpc) is 2.75. The molecule has 0 saturated heterocycles. The summed E-state index contributed by atoms with van der Waals surface area (Å²) in [7, 11) is 1.48. The smallest absolute Gasteiger partial charge is 0.355 e. The van der Waals surface area contributed by atoms with Gasteiger partial charge in [-0.25, -0.2) is 19.6 Å². The molecule has 0 unspecified atom stereocenters. The van der Waals surface area contributed by atoms with Crippen molar-refractivity contribution in [1.82, 2.24) is 19.6 Å². The summed E-state index contributed by atoms with van der Waals surface area (Å²) >= 11 is 0. The molecule has 0 aliphatic rings. The van der Waals surface area contributed by atoms with Gasteiger partial charge in [0.15, 0.2) is 0 Å². The number of ether oxygens (including phenoxy) is 1. The third kappa shape index (κ3) is 8.32. The van der Waals surface area contributed by atoms with Gasteiger partial charge < -0.3 is 15.8 Å². The van der Waals surface area contributed by atoms with Gasteiger partial charge in [0.25, 0.3) is 0 Å². The zero-order valence-corrected chi connectivity index (χ0v) is 18.1. The normalized spacial score (nSPS) is 11.1. The van der Waals surface area contributed by atoms with Crippen LogP contribution in [0.3, 0.4) is 0 Å². The van der Waals surface area contributed by atoms with E-state index in [0.29, 0.717) is 16.9 Å². The number of hydrogen-bond donors (Lipinski definition) is 4. The Morgan fingerprint density at radius 1 is 1.22 bits per heavy atom. The van der Waals surface area contributed by atoms with E-state index in [1.54, 1.807) is 18.2 Å². The van der Waals surface area contributed by atoms with Crippen LogP contribution in [0.15, 0.2) is 83.2 Å². The van der Waals surface area contributed by atoms with Gasteiger partial charge in [-0.1, -0.05) is 50.6 Å². The van der Waals surface area contributed by atoms with Gasteiger partial charge in [-0.15, -0.1) is 0 Å². The molecule has 1 rings (SSSR count). The van der Waals surface area contributed by atoms with E-state index in [-0.39, 0.29) is 38.1 Å². The highest BCUT2D eigenvalue weighted by molar-refractivity contribution is 5.72. The van der Waals surface area contributed by atoms with E-state index in [0.717, 1.165) is 4.57 Å². The highest BCUT2D eigenvalue weighted by atomic mass is 16.6. The van der Waals surface area contributed by atoms with Crippen LogP contribution in [-0.4, -0.2) is 40.3 Å². The van der Waals surface area contributed by atoms with E-state index in [1.807, 2.05) is 0 Å². The van der Waals surface area contributed by atoms with E-state index in [4.69, 9.17) is 20.7 Å². The summed E-state index contributed by atoms with van der Waals surface area (Å²) in [5, 5.41) is 9.91. The number of nitrogens with two attached hydrogens (primary N) is 1. The van der Waals surface area contributed by atoms with E-state index < -0.39 is 11.4 Å². The van der Waals surface area contributed by atoms with Crippen molar-refractivity contribution in [2.24, 2.45) is 5.73 Å². The molecule has 0 radical (unpaired) electrons.